The van der Waals surface area contributed by atoms with E-state index in [1.54, 1.807) is 4.90 Å². The Bertz CT molecular complexity index is 1010. The van der Waals surface area contributed by atoms with Crippen molar-refractivity contribution in [3.05, 3.63) is 71.3 Å². The number of rotatable bonds is 5. The number of morpholine rings is 1. The summed E-state index contributed by atoms with van der Waals surface area (Å²) >= 11 is 0. The normalized spacial score (nSPS) is 23.7. The second kappa shape index (κ2) is 10.2. The average Bonchev–Trinajstić information content (AvgIpc) is 3.03. The maximum Gasteiger partial charge on any atom is 0.410 e. The van der Waals surface area contributed by atoms with E-state index in [0.29, 0.717) is 32.6 Å². The lowest BCUT2D eigenvalue weighted by molar-refractivity contribution is 0.0339. The number of hydrogen-bond donors (Lipinski definition) is 0. The Labute approximate surface area is 201 Å². The number of amides is 2. The lowest BCUT2D eigenvalue weighted by Crippen LogP contribution is -2.38. The summed E-state index contributed by atoms with van der Waals surface area (Å²) in [4.78, 5) is 32.3. The summed E-state index contributed by atoms with van der Waals surface area (Å²) in [6.45, 7) is 6.43. The number of ether oxygens (including phenoxy) is 2. The molecule has 0 N–H and O–H groups in total. The van der Waals surface area contributed by atoms with E-state index in [-0.39, 0.29) is 12.0 Å². The predicted octanol–water partition coefficient (Wildman–Crippen LogP) is 3.54. The van der Waals surface area contributed by atoms with Crippen molar-refractivity contribution in [3.8, 4) is 0 Å². The molecule has 3 saturated heterocycles. The molecule has 180 valence electrons. The molecule has 7 heteroatoms. The quantitative estimate of drug-likeness (QED) is 0.679. The highest BCUT2D eigenvalue weighted by atomic mass is 16.6. The third-order valence-electron chi connectivity index (χ3n) is 7.19. The highest BCUT2D eigenvalue weighted by Gasteiger charge is 2.46. The zero-order valence-electron chi connectivity index (χ0n) is 19.7. The van der Waals surface area contributed by atoms with Crippen LogP contribution in [0.15, 0.2) is 54.6 Å². The lowest BCUT2D eigenvalue weighted by Gasteiger charge is -2.28. The van der Waals surface area contributed by atoms with Gasteiger partial charge in [0.15, 0.2) is 0 Å². The Hall–Kier alpha value is -2.90. The summed E-state index contributed by atoms with van der Waals surface area (Å²) in [5, 5.41) is 0. The van der Waals surface area contributed by atoms with Crippen molar-refractivity contribution in [1.29, 1.82) is 0 Å². The highest BCUT2D eigenvalue weighted by Crippen LogP contribution is 2.34. The molecule has 2 aromatic rings. The van der Waals surface area contributed by atoms with Crippen LogP contribution in [-0.4, -0.2) is 78.2 Å². The molecule has 1 atom stereocenters. The number of likely N-dealkylation sites (tertiary alicyclic amines) is 1. The fourth-order valence-corrected chi connectivity index (χ4v) is 5.29. The zero-order chi connectivity index (χ0) is 23.4. The molecule has 34 heavy (non-hydrogen) atoms. The third-order valence-corrected chi connectivity index (χ3v) is 7.19. The monoisotopic (exact) mass is 463 g/mol. The molecule has 3 aliphatic heterocycles. The van der Waals surface area contributed by atoms with E-state index in [4.69, 9.17) is 9.47 Å². The van der Waals surface area contributed by atoms with E-state index >= 15 is 0 Å². The van der Waals surface area contributed by atoms with Gasteiger partial charge in [-0.05, 0) is 30.0 Å². The third kappa shape index (κ3) is 5.10. The van der Waals surface area contributed by atoms with Crippen molar-refractivity contribution in [2.75, 3.05) is 45.9 Å². The van der Waals surface area contributed by atoms with Gasteiger partial charge in [0.2, 0.25) is 0 Å². The summed E-state index contributed by atoms with van der Waals surface area (Å²) in [5.74, 6) is 0.0753. The molecule has 0 radical (unpaired) electrons. The van der Waals surface area contributed by atoms with Gasteiger partial charge in [-0.25, -0.2) is 4.79 Å². The fraction of sp³-hybridized carbons (Fsp3) is 0.481. The van der Waals surface area contributed by atoms with Crippen molar-refractivity contribution in [3.63, 3.8) is 0 Å². The van der Waals surface area contributed by atoms with Crippen molar-refractivity contribution in [1.82, 2.24) is 14.7 Å². The van der Waals surface area contributed by atoms with Gasteiger partial charge in [0.1, 0.15) is 5.60 Å². The van der Waals surface area contributed by atoms with Gasteiger partial charge in [-0.1, -0.05) is 48.5 Å². The number of hydrogen-bond acceptors (Lipinski definition) is 5. The van der Waals surface area contributed by atoms with Gasteiger partial charge in [-0.3, -0.25) is 14.6 Å². The second-order valence-electron chi connectivity index (χ2n) is 9.58. The molecule has 3 aliphatic rings. The van der Waals surface area contributed by atoms with Crippen LogP contribution in [0.3, 0.4) is 0 Å². The van der Waals surface area contributed by atoms with E-state index in [1.165, 1.54) is 0 Å². The molecule has 2 aromatic carbocycles. The number of carbonyl (C=O) groups is 2. The molecular weight excluding hydrogens is 430 g/mol. The largest absolute Gasteiger partial charge is 0.441 e. The van der Waals surface area contributed by atoms with Gasteiger partial charge < -0.3 is 14.4 Å². The van der Waals surface area contributed by atoms with Crippen LogP contribution in [0.2, 0.25) is 0 Å². The lowest BCUT2D eigenvalue weighted by atomic mass is 9.95. The molecule has 0 unspecified atom stereocenters. The topological polar surface area (TPSA) is 62.3 Å². The van der Waals surface area contributed by atoms with E-state index in [9.17, 15) is 9.59 Å². The first-order chi connectivity index (χ1) is 16.6. The average molecular weight is 464 g/mol. The Kier molecular flexibility index (Phi) is 6.83. The Morgan fingerprint density at radius 3 is 2.47 bits per heavy atom. The standard InChI is InChI=1S/C27H33N3O4/c31-25(24-10-5-4-9-23(24)20-28-15-17-33-18-16-28)29-13-6-11-27(12-14-29)21-30(26(32)34-27)19-22-7-2-1-3-8-22/h1-5,7-10H,6,11-21H2/t27-/m1/s1. The predicted molar refractivity (Wildman–Crippen MR) is 128 cm³/mol. The van der Waals surface area contributed by atoms with Gasteiger partial charge in [-0.2, -0.15) is 0 Å². The van der Waals surface area contributed by atoms with Gasteiger partial charge in [-0.15, -0.1) is 0 Å². The van der Waals surface area contributed by atoms with Crippen molar-refractivity contribution in [2.45, 2.75) is 38.0 Å². The number of nitrogens with zero attached hydrogens (tertiary/aromatic N) is 3. The first kappa shape index (κ1) is 22.9. The van der Waals surface area contributed by atoms with Crippen molar-refractivity contribution < 1.29 is 19.1 Å². The molecule has 1 spiro atoms. The summed E-state index contributed by atoms with van der Waals surface area (Å²) in [6.07, 6.45) is 2.02. The summed E-state index contributed by atoms with van der Waals surface area (Å²) in [5.41, 5.74) is 2.43. The van der Waals surface area contributed by atoms with Crippen LogP contribution in [0.1, 0.15) is 40.7 Å². The molecule has 0 bridgehead atoms. The van der Waals surface area contributed by atoms with Gasteiger partial charge in [0, 0.05) is 51.3 Å². The van der Waals surface area contributed by atoms with Crippen LogP contribution in [0.5, 0.6) is 0 Å². The van der Waals surface area contributed by atoms with Gasteiger partial charge in [0.05, 0.1) is 19.8 Å². The fourth-order valence-electron chi connectivity index (χ4n) is 5.29. The molecule has 0 aromatic heterocycles. The molecule has 2 amide bonds. The molecular formula is C27H33N3O4. The first-order valence-electron chi connectivity index (χ1n) is 12.3. The van der Waals surface area contributed by atoms with Crippen LogP contribution >= 0.6 is 0 Å². The zero-order valence-corrected chi connectivity index (χ0v) is 19.7. The summed E-state index contributed by atoms with van der Waals surface area (Å²) in [6, 6.07) is 17.9. The minimum atomic E-state index is -0.506. The SMILES string of the molecule is O=C1O[C@@]2(CCCN(C(=O)c3ccccc3CN3CCOCC3)CC2)CN1Cc1ccccc1. The minimum absolute atomic E-state index is 0.0753. The summed E-state index contributed by atoms with van der Waals surface area (Å²) < 4.78 is 11.4. The van der Waals surface area contributed by atoms with Crippen LogP contribution < -0.4 is 0 Å². The molecule has 5 rings (SSSR count). The van der Waals surface area contributed by atoms with Gasteiger partial charge in [0.25, 0.3) is 5.91 Å². The van der Waals surface area contributed by atoms with Crippen LogP contribution in [0, 0.1) is 0 Å². The Balaban J connectivity index is 1.24. The van der Waals surface area contributed by atoms with Gasteiger partial charge >= 0.3 is 6.09 Å². The van der Waals surface area contributed by atoms with Crippen molar-refractivity contribution >= 4 is 12.0 Å². The second-order valence-corrected chi connectivity index (χ2v) is 9.58. The smallest absolute Gasteiger partial charge is 0.410 e. The molecule has 3 heterocycles. The van der Waals surface area contributed by atoms with Crippen LogP contribution in [-0.2, 0) is 22.6 Å². The van der Waals surface area contributed by atoms with Crippen LogP contribution in [0.25, 0.3) is 0 Å². The first-order valence-corrected chi connectivity index (χ1v) is 12.3. The Morgan fingerprint density at radius 2 is 1.65 bits per heavy atom. The number of benzene rings is 2. The van der Waals surface area contributed by atoms with E-state index in [1.807, 2.05) is 53.4 Å². The molecule has 0 aliphatic carbocycles. The van der Waals surface area contributed by atoms with E-state index < -0.39 is 5.60 Å². The maximum absolute atomic E-state index is 13.6. The molecule has 0 saturated carbocycles. The number of carbonyl (C=O) groups excluding carboxylic acids is 2. The minimum Gasteiger partial charge on any atom is -0.441 e. The highest BCUT2D eigenvalue weighted by molar-refractivity contribution is 5.95. The molecule has 7 nitrogen and oxygen atoms in total. The molecule has 3 fully saturated rings. The maximum atomic E-state index is 13.6. The Morgan fingerprint density at radius 1 is 0.882 bits per heavy atom. The van der Waals surface area contributed by atoms with E-state index in [2.05, 4.69) is 11.0 Å². The van der Waals surface area contributed by atoms with Crippen molar-refractivity contribution in [2.24, 2.45) is 0 Å². The van der Waals surface area contributed by atoms with E-state index in [0.717, 1.165) is 62.4 Å². The summed E-state index contributed by atoms with van der Waals surface area (Å²) in [7, 11) is 0. The van der Waals surface area contributed by atoms with Crippen LogP contribution in [0.4, 0.5) is 4.79 Å².